The van der Waals surface area contributed by atoms with Gasteiger partial charge in [-0.2, -0.15) is 0 Å². The summed E-state index contributed by atoms with van der Waals surface area (Å²) >= 11 is 0. The second-order valence-electron chi connectivity index (χ2n) is 6.28. The van der Waals surface area contributed by atoms with Crippen molar-refractivity contribution in [3.05, 3.63) is 11.9 Å². The molecule has 0 aromatic carbocycles. The number of hydrogen-bond donors (Lipinski definition) is 2. The molecule has 0 saturated heterocycles. The molecule has 1 heterocycles. The van der Waals surface area contributed by atoms with Crippen LogP contribution in [0.5, 0.6) is 0 Å². The van der Waals surface area contributed by atoms with Gasteiger partial charge in [0, 0.05) is 31.9 Å². The van der Waals surface area contributed by atoms with Crippen LogP contribution in [0.15, 0.2) is 6.20 Å². The van der Waals surface area contributed by atoms with Crippen LogP contribution < -0.4 is 10.6 Å². The Bertz CT molecular complexity index is 460. The quantitative estimate of drug-likeness (QED) is 0.859. The van der Waals surface area contributed by atoms with Crippen molar-refractivity contribution >= 4 is 6.09 Å². The molecule has 1 fully saturated rings. The Morgan fingerprint density at radius 3 is 2.70 bits per heavy atom. The number of nitrogens with zero attached hydrogens (tertiary/aromatic N) is 3. The monoisotopic (exact) mass is 281 g/mol. The van der Waals surface area contributed by atoms with Crippen LogP contribution in [-0.4, -0.2) is 38.8 Å². The molecule has 1 aliphatic carbocycles. The minimum absolute atomic E-state index is 0.198. The highest BCUT2D eigenvalue weighted by molar-refractivity contribution is 5.68. The fourth-order valence-electron chi connectivity index (χ4n) is 2.10. The van der Waals surface area contributed by atoms with Gasteiger partial charge >= 0.3 is 6.09 Å². The molecule has 0 unspecified atom stereocenters. The molecule has 0 radical (unpaired) electrons. The molecule has 1 aromatic rings. The zero-order chi connectivity index (χ0) is 14.8. The number of amides is 1. The molecule has 7 nitrogen and oxygen atoms in total. The molecule has 2 rings (SSSR count). The summed E-state index contributed by atoms with van der Waals surface area (Å²) in [6.45, 7) is 6.29. The van der Waals surface area contributed by atoms with E-state index in [1.807, 2.05) is 34.0 Å². The third-order valence-electron chi connectivity index (χ3n) is 3.08. The highest BCUT2D eigenvalue weighted by Gasteiger charge is 2.31. The molecular formula is C13H23N5O2. The summed E-state index contributed by atoms with van der Waals surface area (Å²) in [6.07, 6.45) is 3.39. The van der Waals surface area contributed by atoms with Crippen LogP contribution in [0.4, 0.5) is 4.79 Å². The van der Waals surface area contributed by atoms with Crippen LogP contribution in [0, 0.1) is 0 Å². The van der Waals surface area contributed by atoms with Gasteiger partial charge in [-0.3, -0.25) is 4.68 Å². The third-order valence-corrected chi connectivity index (χ3v) is 3.08. The molecule has 1 aliphatic rings. The smallest absolute Gasteiger partial charge is 0.407 e. The van der Waals surface area contributed by atoms with Gasteiger partial charge in [-0.1, -0.05) is 5.21 Å². The van der Waals surface area contributed by atoms with Crippen LogP contribution in [0.2, 0.25) is 0 Å². The maximum absolute atomic E-state index is 11.6. The lowest BCUT2D eigenvalue weighted by Gasteiger charge is -2.36. The van der Waals surface area contributed by atoms with Crippen molar-refractivity contribution in [3.8, 4) is 0 Å². The number of aromatic nitrogens is 3. The van der Waals surface area contributed by atoms with E-state index in [0.717, 1.165) is 18.5 Å². The van der Waals surface area contributed by atoms with Crippen LogP contribution in [-0.2, 0) is 18.3 Å². The first-order valence-electron chi connectivity index (χ1n) is 6.90. The van der Waals surface area contributed by atoms with E-state index in [0.29, 0.717) is 12.6 Å². The summed E-state index contributed by atoms with van der Waals surface area (Å²) in [5.41, 5.74) is 0.480. The van der Waals surface area contributed by atoms with Crippen LogP contribution >= 0.6 is 0 Å². The zero-order valence-corrected chi connectivity index (χ0v) is 12.5. The molecule has 0 bridgehead atoms. The highest BCUT2D eigenvalue weighted by Crippen LogP contribution is 2.21. The van der Waals surface area contributed by atoms with Gasteiger partial charge in [-0.05, 0) is 33.6 Å². The predicted octanol–water partition coefficient (Wildman–Crippen LogP) is 0.960. The van der Waals surface area contributed by atoms with Crippen molar-refractivity contribution in [3.63, 3.8) is 0 Å². The van der Waals surface area contributed by atoms with Gasteiger partial charge in [0.05, 0.1) is 5.69 Å². The molecule has 20 heavy (non-hydrogen) atoms. The lowest BCUT2D eigenvalue weighted by atomic mass is 9.87. The Balaban J connectivity index is 1.61. The molecule has 0 atom stereocenters. The molecule has 1 saturated carbocycles. The van der Waals surface area contributed by atoms with Crippen LogP contribution in [0.3, 0.4) is 0 Å². The Labute approximate surface area is 119 Å². The van der Waals surface area contributed by atoms with Crippen molar-refractivity contribution in [2.45, 2.75) is 57.8 Å². The number of carbonyl (C=O) groups is 1. The van der Waals surface area contributed by atoms with Crippen molar-refractivity contribution in [2.24, 2.45) is 7.05 Å². The highest BCUT2D eigenvalue weighted by atomic mass is 16.6. The molecule has 0 aliphatic heterocycles. The minimum Gasteiger partial charge on any atom is -0.444 e. The van der Waals surface area contributed by atoms with Gasteiger partial charge in [0.15, 0.2) is 0 Å². The summed E-state index contributed by atoms with van der Waals surface area (Å²) in [4.78, 5) is 11.6. The van der Waals surface area contributed by atoms with Crippen molar-refractivity contribution in [1.29, 1.82) is 0 Å². The Kier molecular flexibility index (Phi) is 4.27. The summed E-state index contributed by atoms with van der Waals surface area (Å²) in [5.74, 6) is 0. The summed E-state index contributed by atoms with van der Waals surface area (Å²) in [5, 5.41) is 14.2. The first-order chi connectivity index (χ1) is 9.32. The second-order valence-corrected chi connectivity index (χ2v) is 6.28. The normalized spacial score (nSPS) is 22.2. The van der Waals surface area contributed by atoms with E-state index >= 15 is 0 Å². The van der Waals surface area contributed by atoms with Gasteiger partial charge in [-0.25, -0.2) is 4.79 Å². The standard InChI is InChI=1S/C13H23N5O2/c1-13(2,3)20-12(19)15-10-5-9(6-10)14-7-11-8-18(4)17-16-11/h8-10,14H,5-7H2,1-4H3,(H,15,19). The van der Waals surface area contributed by atoms with Gasteiger partial charge in [0.2, 0.25) is 0 Å². The van der Waals surface area contributed by atoms with Gasteiger partial charge < -0.3 is 15.4 Å². The molecule has 1 aromatic heterocycles. The fourth-order valence-corrected chi connectivity index (χ4v) is 2.10. The van der Waals surface area contributed by atoms with Gasteiger partial charge in [0.1, 0.15) is 5.60 Å². The number of aryl methyl sites for hydroxylation is 1. The Hall–Kier alpha value is -1.63. The molecule has 2 N–H and O–H groups in total. The number of nitrogens with one attached hydrogen (secondary N) is 2. The largest absolute Gasteiger partial charge is 0.444 e. The van der Waals surface area contributed by atoms with Crippen molar-refractivity contribution in [1.82, 2.24) is 25.6 Å². The second kappa shape index (κ2) is 5.78. The van der Waals surface area contributed by atoms with E-state index in [9.17, 15) is 4.79 Å². The Morgan fingerprint density at radius 2 is 2.15 bits per heavy atom. The summed E-state index contributed by atoms with van der Waals surface area (Å²) < 4.78 is 6.91. The Morgan fingerprint density at radius 1 is 1.45 bits per heavy atom. The fraction of sp³-hybridized carbons (Fsp3) is 0.769. The average molecular weight is 281 g/mol. The lowest BCUT2D eigenvalue weighted by molar-refractivity contribution is 0.0465. The topological polar surface area (TPSA) is 81.1 Å². The lowest BCUT2D eigenvalue weighted by Crippen LogP contribution is -2.53. The van der Waals surface area contributed by atoms with Gasteiger partial charge in [-0.15, -0.1) is 5.10 Å². The van der Waals surface area contributed by atoms with E-state index < -0.39 is 5.60 Å². The molecule has 7 heteroatoms. The minimum atomic E-state index is -0.447. The van der Waals surface area contributed by atoms with Crippen molar-refractivity contribution in [2.75, 3.05) is 0 Å². The van der Waals surface area contributed by atoms with Crippen LogP contribution in [0.25, 0.3) is 0 Å². The number of rotatable bonds is 4. The number of ether oxygens (including phenoxy) is 1. The van der Waals surface area contributed by atoms with Gasteiger partial charge in [0.25, 0.3) is 0 Å². The average Bonchev–Trinajstić information content (AvgIpc) is 2.64. The van der Waals surface area contributed by atoms with E-state index in [1.54, 1.807) is 4.68 Å². The molecule has 0 spiro atoms. The van der Waals surface area contributed by atoms with E-state index in [2.05, 4.69) is 20.9 Å². The summed E-state index contributed by atoms with van der Waals surface area (Å²) in [6, 6.07) is 0.612. The van der Waals surface area contributed by atoms with E-state index in [1.165, 1.54) is 0 Å². The third kappa shape index (κ3) is 4.48. The first kappa shape index (κ1) is 14.8. The number of alkyl carbamates (subject to hydrolysis) is 1. The van der Waals surface area contributed by atoms with Crippen LogP contribution in [0.1, 0.15) is 39.3 Å². The maximum Gasteiger partial charge on any atom is 0.407 e. The first-order valence-corrected chi connectivity index (χ1v) is 6.90. The molecular weight excluding hydrogens is 258 g/mol. The molecule has 1 amide bonds. The molecule has 112 valence electrons. The SMILES string of the molecule is Cn1cc(CNC2CC(NC(=O)OC(C)(C)C)C2)nn1. The number of carbonyl (C=O) groups excluding carboxylic acids is 1. The predicted molar refractivity (Wildman–Crippen MR) is 74.0 cm³/mol. The maximum atomic E-state index is 11.6. The summed E-state index contributed by atoms with van der Waals surface area (Å²) in [7, 11) is 1.85. The zero-order valence-electron chi connectivity index (χ0n) is 12.5. The van der Waals surface area contributed by atoms with Crippen molar-refractivity contribution < 1.29 is 9.53 Å². The number of hydrogen-bond acceptors (Lipinski definition) is 5. The van der Waals surface area contributed by atoms with E-state index in [4.69, 9.17) is 4.74 Å². The van der Waals surface area contributed by atoms with E-state index in [-0.39, 0.29) is 12.1 Å².